The molecule has 0 spiro atoms. The molecule has 0 saturated carbocycles. The molecule has 1 aliphatic rings. The van der Waals surface area contributed by atoms with Gasteiger partial charge in [0.1, 0.15) is 0 Å². The first-order valence-corrected chi connectivity index (χ1v) is 12.7. The van der Waals surface area contributed by atoms with Crippen LogP contribution in [0.4, 0.5) is 5.69 Å². The highest BCUT2D eigenvalue weighted by Gasteiger charge is 2.29. The maximum absolute atomic E-state index is 12.6. The first-order valence-electron chi connectivity index (χ1n) is 10.2. The van der Waals surface area contributed by atoms with Gasteiger partial charge in [-0.2, -0.15) is 0 Å². The number of amides is 2. The lowest BCUT2D eigenvalue weighted by Crippen LogP contribution is -2.33. The summed E-state index contributed by atoms with van der Waals surface area (Å²) < 4.78 is 0. The number of carbonyl (C=O) groups is 2. The Kier molecular flexibility index (Phi) is 7.36. The van der Waals surface area contributed by atoms with E-state index < -0.39 is 8.80 Å². The molecule has 1 aliphatic heterocycles. The highest BCUT2D eigenvalue weighted by molar-refractivity contribution is 6.76. The predicted molar refractivity (Wildman–Crippen MR) is 115 cm³/mol. The Morgan fingerprint density at radius 3 is 2.79 bits per heavy atom. The normalized spacial score (nSPS) is 15.3. The van der Waals surface area contributed by atoms with Crippen molar-refractivity contribution < 1.29 is 9.59 Å². The van der Waals surface area contributed by atoms with Gasteiger partial charge in [-0.3, -0.25) is 14.6 Å². The van der Waals surface area contributed by atoms with Crippen LogP contribution in [0.25, 0.3) is 0 Å². The summed E-state index contributed by atoms with van der Waals surface area (Å²) in [6, 6.07) is 12.2. The summed E-state index contributed by atoms with van der Waals surface area (Å²) in [6.07, 6.45) is 8.98. The summed E-state index contributed by atoms with van der Waals surface area (Å²) in [5.41, 5.74) is 2.21. The lowest BCUT2D eigenvalue weighted by molar-refractivity contribution is -0.121. The van der Waals surface area contributed by atoms with E-state index in [1.165, 1.54) is 5.19 Å². The average Bonchev–Trinajstić information content (AvgIpc) is 3.06. The Hall–Kier alpha value is -2.47. The fraction of sp³-hybridized carbons (Fsp3) is 0.409. The van der Waals surface area contributed by atoms with Crippen molar-refractivity contribution in [3.8, 4) is 0 Å². The summed E-state index contributed by atoms with van der Waals surface area (Å²) >= 11 is 0. The van der Waals surface area contributed by atoms with Crippen LogP contribution in [0.3, 0.4) is 0 Å². The quantitative estimate of drug-likeness (QED) is 0.524. The third-order valence-corrected chi connectivity index (χ3v) is 7.73. The Bertz CT molecular complexity index is 797. The van der Waals surface area contributed by atoms with Gasteiger partial charge < -0.3 is 10.2 Å². The second-order valence-electron chi connectivity index (χ2n) is 7.49. The van der Waals surface area contributed by atoms with Gasteiger partial charge in [0.25, 0.3) is 0 Å². The third kappa shape index (κ3) is 5.52. The molecule has 3 rings (SSSR count). The van der Waals surface area contributed by atoms with E-state index in [9.17, 15) is 9.59 Å². The zero-order valence-electron chi connectivity index (χ0n) is 16.6. The van der Waals surface area contributed by atoms with Crippen LogP contribution in [0.1, 0.15) is 37.7 Å². The average molecular weight is 396 g/mol. The van der Waals surface area contributed by atoms with Gasteiger partial charge in [0.05, 0.1) is 8.80 Å². The molecule has 2 heterocycles. The maximum atomic E-state index is 12.6. The van der Waals surface area contributed by atoms with E-state index in [1.54, 1.807) is 12.4 Å². The number of para-hydroxylation sites is 1. The van der Waals surface area contributed by atoms with Crippen LogP contribution < -0.4 is 15.4 Å². The van der Waals surface area contributed by atoms with E-state index >= 15 is 0 Å². The number of hydrogen-bond acceptors (Lipinski definition) is 3. The van der Waals surface area contributed by atoms with Crippen LogP contribution in [-0.2, 0) is 16.0 Å². The summed E-state index contributed by atoms with van der Waals surface area (Å²) in [4.78, 5) is 30.5. The van der Waals surface area contributed by atoms with Crippen LogP contribution in [0, 0.1) is 0 Å². The molecule has 0 aliphatic carbocycles. The molecule has 0 radical (unpaired) electrons. The number of rotatable bonds is 9. The zero-order chi connectivity index (χ0) is 19.8. The van der Waals surface area contributed by atoms with E-state index in [0.717, 1.165) is 36.7 Å². The van der Waals surface area contributed by atoms with Crippen molar-refractivity contribution >= 4 is 31.5 Å². The van der Waals surface area contributed by atoms with Gasteiger partial charge in [-0.05, 0) is 42.1 Å². The van der Waals surface area contributed by atoms with Crippen molar-refractivity contribution in [2.24, 2.45) is 0 Å². The van der Waals surface area contributed by atoms with Gasteiger partial charge in [0.15, 0.2) is 0 Å². The number of pyridine rings is 1. The number of nitrogens with zero attached hydrogens (tertiary/aromatic N) is 2. The number of nitrogens with one attached hydrogen (secondary N) is 1. The van der Waals surface area contributed by atoms with Crippen molar-refractivity contribution in [1.29, 1.82) is 0 Å². The van der Waals surface area contributed by atoms with Gasteiger partial charge in [0.2, 0.25) is 11.8 Å². The number of aryl methyl sites for hydroxylation is 1. The number of unbranched alkanes of at least 4 members (excludes halogenated alkanes) is 2. The largest absolute Gasteiger partial charge is 0.356 e. The van der Waals surface area contributed by atoms with Crippen LogP contribution in [0.2, 0.25) is 6.55 Å². The molecule has 1 aromatic carbocycles. The number of anilines is 1. The van der Waals surface area contributed by atoms with E-state index in [4.69, 9.17) is 0 Å². The highest BCUT2D eigenvalue weighted by Crippen LogP contribution is 2.20. The minimum Gasteiger partial charge on any atom is -0.356 e. The van der Waals surface area contributed by atoms with Crippen LogP contribution >= 0.6 is 0 Å². The molecule has 1 N–H and O–H groups in total. The summed E-state index contributed by atoms with van der Waals surface area (Å²) in [5.74, 6) is 0.317. The first kappa shape index (κ1) is 20.3. The molecule has 1 atom stereocenters. The smallest absolute Gasteiger partial charge is 0.226 e. The van der Waals surface area contributed by atoms with E-state index in [2.05, 4.69) is 35.0 Å². The molecule has 6 heteroatoms. The summed E-state index contributed by atoms with van der Waals surface area (Å²) in [6.45, 7) is 2.99. The van der Waals surface area contributed by atoms with Gasteiger partial charge >= 0.3 is 0 Å². The molecule has 2 aromatic rings. The van der Waals surface area contributed by atoms with Gasteiger partial charge in [-0.25, -0.2) is 0 Å². The minimum atomic E-state index is -1.00. The monoisotopic (exact) mass is 395 g/mol. The lowest BCUT2D eigenvalue weighted by atomic mass is 10.1. The predicted octanol–water partition coefficient (Wildman–Crippen LogP) is 2.34. The molecule has 1 unspecified atom stereocenters. The number of fused-ring (bicyclic) bond motifs is 1. The number of benzene rings is 1. The second-order valence-corrected chi connectivity index (χ2v) is 10.3. The molecule has 148 valence electrons. The van der Waals surface area contributed by atoms with Crippen molar-refractivity contribution in [3.63, 3.8) is 0 Å². The summed E-state index contributed by atoms with van der Waals surface area (Å²) in [5, 5.41) is 4.37. The van der Waals surface area contributed by atoms with Crippen molar-refractivity contribution in [1.82, 2.24) is 10.3 Å². The Morgan fingerprint density at radius 2 is 1.96 bits per heavy atom. The lowest BCUT2D eigenvalue weighted by Gasteiger charge is -2.17. The van der Waals surface area contributed by atoms with Gasteiger partial charge in [-0.15, -0.1) is 0 Å². The summed E-state index contributed by atoms with van der Waals surface area (Å²) in [7, 11) is -1.00. The molecule has 0 bridgehead atoms. The molecular formula is C22H29N3O2Si. The number of carbonyl (C=O) groups excluding carboxylic acids is 2. The van der Waals surface area contributed by atoms with Crippen molar-refractivity contribution in [3.05, 3.63) is 54.4 Å². The molecule has 1 aromatic heterocycles. The fourth-order valence-electron chi connectivity index (χ4n) is 3.69. The highest BCUT2D eigenvalue weighted by atomic mass is 28.3. The molecule has 0 fully saturated rings. The van der Waals surface area contributed by atoms with E-state index in [1.807, 2.05) is 23.1 Å². The Morgan fingerprint density at radius 1 is 1.11 bits per heavy atom. The molecular weight excluding hydrogens is 366 g/mol. The fourth-order valence-corrected chi connectivity index (χ4v) is 6.03. The molecule has 5 nitrogen and oxygen atoms in total. The molecule has 28 heavy (non-hydrogen) atoms. The van der Waals surface area contributed by atoms with Crippen LogP contribution in [-0.4, -0.2) is 38.3 Å². The van der Waals surface area contributed by atoms with Crippen LogP contribution in [0.15, 0.2) is 48.8 Å². The zero-order valence-corrected chi connectivity index (χ0v) is 17.7. The van der Waals surface area contributed by atoms with E-state index in [0.29, 0.717) is 25.8 Å². The van der Waals surface area contributed by atoms with Gasteiger partial charge in [-0.1, -0.05) is 37.2 Å². The number of aromatic nitrogens is 1. The third-order valence-electron chi connectivity index (χ3n) is 5.27. The topological polar surface area (TPSA) is 62.3 Å². The van der Waals surface area contributed by atoms with E-state index in [-0.39, 0.29) is 11.8 Å². The van der Waals surface area contributed by atoms with Crippen molar-refractivity contribution in [2.75, 3.05) is 17.6 Å². The Labute approximate surface area is 168 Å². The maximum Gasteiger partial charge on any atom is 0.226 e. The van der Waals surface area contributed by atoms with Gasteiger partial charge in [0, 0.05) is 43.6 Å². The number of hydrogen-bond donors (Lipinski definition) is 1. The second kappa shape index (κ2) is 10.2. The molecule has 0 saturated heterocycles. The Balaban J connectivity index is 1.28. The molecule has 2 amide bonds. The SMILES string of the molecule is C[SiH]1CN(C(=O)CCCCCNC(=O)CCc2cccnc2)c2ccccc21. The van der Waals surface area contributed by atoms with Crippen LogP contribution in [0.5, 0.6) is 0 Å². The van der Waals surface area contributed by atoms with Crippen molar-refractivity contribution in [2.45, 2.75) is 45.1 Å². The first-order chi connectivity index (χ1) is 13.6. The standard InChI is InChI=1S/C22H29N3O2Si/c1-28-17-25(19-9-4-5-10-20(19)28)22(27)11-3-2-6-15-24-21(26)13-12-18-8-7-14-23-16-18/h4-5,7-10,14,16,28H,2-3,6,11-13,15,17H2,1H3,(H,24,26). The minimum absolute atomic E-state index is 0.0764.